The summed E-state index contributed by atoms with van der Waals surface area (Å²) >= 11 is 5.70. The first-order chi connectivity index (χ1) is 13.2. The molecule has 138 valence electrons. The Labute approximate surface area is 165 Å². The fraction of sp³-hybridized carbons (Fsp3) is 0.273. The largest absolute Gasteiger partial charge is 0.352 e. The van der Waals surface area contributed by atoms with Gasteiger partial charge in [0.25, 0.3) is 0 Å². The minimum absolute atomic E-state index is 0.0296. The third kappa shape index (κ3) is 3.23. The van der Waals surface area contributed by atoms with Crippen LogP contribution in [0.1, 0.15) is 42.5 Å². The average Bonchev–Trinajstić information content (AvgIpc) is 3.23. The Morgan fingerprint density at radius 3 is 2.52 bits per heavy atom. The monoisotopic (exact) mass is 376 g/mol. The van der Waals surface area contributed by atoms with E-state index in [0.29, 0.717) is 0 Å². The van der Waals surface area contributed by atoms with Crippen molar-refractivity contribution in [2.75, 3.05) is 6.54 Å². The van der Waals surface area contributed by atoms with E-state index in [1.807, 2.05) is 24.4 Å². The maximum absolute atomic E-state index is 5.70. The summed E-state index contributed by atoms with van der Waals surface area (Å²) in [5.41, 5.74) is 4.63. The molecule has 1 saturated heterocycles. The Kier molecular flexibility index (Phi) is 4.94. The van der Waals surface area contributed by atoms with E-state index < -0.39 is 0 Å². The Bertz CT molecular complexity index is 920. The van der Waals surface area contributed by atoms with E-state index in [0.717, 1.165) is 23.8 Å². The molecule has 1 aromatic carbocycles. The van der Waals surface area contributed by atoms with E-state index in [9.17, 15) is 0 Å². The van der Waals surface area contributed by atoms with Crippen molar-refractivity contribution in [2.45, 2.75) is 32.4 Å². The second-order valence-corrected chi connectivity index (χ2v) is 7.28. The summed E-state index contributed by atoms with van der Waals surface area (Å²) in [7, 11) is 0. The van der Waals surface area contributed by atoms with Gasteiger partial charge in [0.05, 0.1) is 17.8 Å². The van der Waals surface area contributed by atoms with Crippen LogP contribution in [0.2, 0.25) is 0 Å². The van der Waals surface area contributed by atoms with Gasteiger partial charge in [0.2, 0.25) is 0 Å². The summed E-state index contributed by atoms with van der Waals surface area (Å²) in [5.74, 6) is 0. The van der Waals surface area contributed by atoms with E-state index in [-0.39, 0.29) is 12.1 Å². The lowest BCUT2D eigenvalue weighted by atomic mass is 10.0. The summed E-state index contributed by atoms with van der Waals surface area (Å²) in [4.78, 5) is 6.93. The number of hydrogen-bond acceptors (Lipinski definition) is 2. The number of pyridine rings is 1. The summed E-state index contributed by atoms with van der Waals surface area (Å²) in [6, 6.07) is 21.1. The molecule has 0 aliphatic carbocycles. The number of thiocarbonyl (C=S) groups is 1. The highest BCUT2D eigenvalue weighted by Gasteiger charge is 2.41. The van der Waals surface area contributed by atoms with E-state index >= 15 is 0 Å². The molecule has 27 heavy (non-hydrogen) atoms. The SMILES string of the molecule is CCCN1C(=S)NC(c2ccccn2)C1c1ccc(C)n1-c1ccccc1. The molecule has 0 amide bonds. The predicted octanol–water partition coefficient (Wildman–Crippen LogP) is 4.56. The lowest BCUT2D eigenvalue weighted by Crippen LogP contribution is -2.31. The van der Waals surface area contributed by atoms with E-state index in [1.54, 1.807) is 0 Å². The zero-order valence-electron chi connectivity index (χ0n) is 15.7. The van der Waals surface area contributed by atoms with Gasteiger partial charge in [-0.1, -0.05) is 31.2 Å². The predicted molar refractivity (Wildman–Crippen MR) is 113 cm³/mol. The lowest BCUT2D eigenvalue weighted by molar-refractivity contribution is 0.308. The number of aromatic nitrogens is 2. The van der Waals surface area contributed by atoms with Crippen molar-refractivity contribution in [3.05, 3.63) is 83.9 Å². The van der Waals surface area contributed by atoms with Gasteiger partial charge in [-0.3, -0.25) is 4.98 Å². The number of benzene rings is 1. The van der Waals surface area contributed by atoms with E-state index in [4.69, 9.17) is 12.2 Å². The molecule has 3 heterocycles. The summed E-state index contributed by atoms with van der Waals surface area (Å²) in [6.45, 7) is 5.26. The van der Waals surface area contributed by atoms with Crippen LogP contribution in [0.3, 0.4) is 0 Å². The smallest absolute Gasteiger partial charge is 0.170 e. The second kappa shape index (κ2) is 7.53. The zero-order valence-corrected chi connectivity index (χ0v) is 16.5. The molecule has 0 spiro atoms. The van der Waals surface area contributed by atoms with Crippen LogP contribution in [0, 0.1) is 6.92 Å². The second-order valence-electron chi connectivity index (χ2n) is 6.89. The molecule has 5 heteroatoms. The Morgan fingerprint density at radius 2 is 1.81 bits per heavy atom. The molecule has 1 fully saturated rings. The van der Waals surface area contributed by atoms with Crippen LogP contribution < -0.4 is 5.32 Å². The zero-order chi connectivity index (χ0) is 18.8. The van der Waals surface area contributed by atoms with Gasteiger partial charge in [-0.25, -0.2) is 0 Å². The van der Waals surface area contributed by atoms with Crippen LogP contribution in [-0.2, 0) is 0 Å². The number of aryl methyl sites for hydroxylation is 1. The van der Waals surface area contributed by atoms with Crippen LogP contribution in [-0.4, -0.2) is 26.1 Å². The van der Waals surface area contributed by atoms with Crippen LogP contribution in [0.25, 0.3) is 5.69 Å². The van der Waals surface area contributed by atoms with Crippen LogP contribution in [0.5, 0.6) is 0 Å². The number of rotatable bonds is 5. The van der Waals surface area contributed by atoms with Crippen molar-refractivity contribution in [3.63, 3.8) is 0 Å². The number of para-hydroxylation sites is 1. The highest BCUT2D eigenvalue weighted by molar-refractivity contribution is 7.80. The number of hydrogen-bond donors (Lipinski definition) is 1. The normalized spacial score (nSPS) is 19.3. The third-order valence-corrected chi connectivity index (χ3v) is 5.44. The maximum atomic E-state index is 5.70. The van der Waals surface area contributed by atoms with E-state index in [2.05, 4.69) is 76.1 Å². The summed E-state index contributed by atoms with van der Waals surface area (Å²) in [5, 5.41) is 4.32. The van der Waals surface area contributed by atoms with E-state index in [1.165, 1.54) is 17.1 Å². The maximum Gasteiger partial charge on any atom is 0.170 e. The topological polar surface area (TPSA) is 33.1 Å². The van der Waals surface area contributed by atoms with Gasteiger partial charge in [0.15, 0.2) is 5.11 Å². The van der Waals surface area contributed by atoms with Gasteiger partial charge in [-0.15, -0.1) is 0 Å². The van der Waals surface area contributed by atoms with Crippen molar-refractivity contribution < 1.29 is 0 Å². The van der Waals surface area contributed by atoms with Gasteiger partial charge < -0.3 is 14.8 Å². The number of nitrogens with zero attached hydrogens (tertiary/aromatic N) is 3. The molecule has 4 nitrogen and oxygen atoms in total. The van der Waals surface area contributed by atoms with Gasteiger partial charge in [-0.05, 0) is 62.0 Å². The molecule has 0 saturated carbocycles. The summed E-state index contributed by atoms with van der Waals surface area (Å²) in [6.07, 6.45) is 2.89. The van der Waals surface area contributed by atoms with Crippen molar-refractivity contribution in [1.29, 1.82) is 0 Å². The molecule has 0 bridgehead atoms. The fourth-order valence-corrected chi connectivity index (χ4v) is 4.26. The van der Waals surface area contributed by atoms with Crippen LogP contribution >= 0.6 is 12.2 Å². The number of nitrogens with one attached hydrogen (secondary N) is 1. The third-order valence-electron chi connectivity index (χ3n) is 5.09. The molecular weight excluding hydrogens is 352 g/mol. The van der Waals surface area contributed by atoms with Gasteiger partial charge in [-0.2, -0.15) is 0 Å². The van der Waals surface area contributed by atoms with Crippen molar-refractivity contribution in [3.8, 4) is 5.69 Å². The highest BCUT2D eigenvalue weighted by atomic mass is 32.1. The molecule has 1 aliphatic heterocycles. The molecule has 0 radical (unpaired) electrons. The van der Waals surface area contributed by atoms with Crippen LogP contribution in [0.15, 0.2) is 66.9 Å². The quantitative estimate of drug-likeness (QED) is 0.662. The van der Waals surface area contributed by atoms with Crippen molar-refractivity contribution >= 4 is 17.3 Å². The minimum atomic E-state index is 0.0296. The Morgan fingerprint density at radius 1 is 1.04 bits per heavy atom. The Balaban J connectivity index is 1.85. The molecule has 1 N–H and O–H groups in total. The van der Waals surface area contributed by atoms with Gasteiger partial charge >= 0.3 is 0 Å². The molecule has 2 atom stereocenters. The molecule has 2 unspecified atom stereocenters. The van der Waals surface area contributed by atoms with Gasteiger partial charge in [0, 0.05) is 29.8 Å². The molecule has 1 aliphatic rings. The average molecular weight is 377 g/mol. The molecular formula is C22H24N4S. The standard InChI is InChI=1S/C22H24N4S/c1-3-15-25-21(20(24-22(25)27)18-11-7-8-14-23-18)19-13-12-16(2)26(19)17-9-5-4-6-10-17/h4-14,20-21H,3,15H2,1-2H3,(H,24,27). The Hall–Kier alpha value is -2.66. The first-order valence-electron chi connectivity index (χ1n) is 9.42. The lowest BCUT2D eigenvalue weighted by Gasteiger charge is -2.29. The van der Waals surface area contributed by atoms with Crippen molar-refractivity contribution in [1.82, 2.24) is 19.8 Å². The summed E-state index contributed by atoms with van der Waals surface area (Å²) < 4.78 is 2.33. The fourth-order valence-electron chi connectivity index (χ4n) is 3.93. The molecule has 4 rings (SSSR count). The van der Waals surface area contributed by atoms with Crippen LogP contribution in [0.4, 0.5) is 0 Å². The highest BCUT2D eigenvalue weighted by Crippen LogP contribution is 2.40. The van der Waals surface area contributed by atoms with Crippen molar-refractivity contribution in [2.24, 2.45) is 0 Å². The first-order valence-corrected chi connectivity index (χ1v) is 9.83. The van der Waals surface area contributed by atoms with Gasteiger partial charge in [0.1, 0.15) is 0 Å². The first kappa shape index (κ1) is 17.7. The molecule has 2 aromatic heterocycles. The molecule has 3 aromatic rings. The minimum Gasteiger partial charge on any atom is -0.352 e.